The number of hydrogen-bond acceptors (Lipinski definition) is 7. The number of rotatable bonds is 7. The van der Waals surface area contributed by atoms with E-state index in [1.54, 1.807) is 38.2 Å². The van der Waals surface area contributed by atoms with Crippen LogP contribution >= 0.6 is 0 Å². The summed E-state index contributed by atoms with van der Waals surface area (Å²) in [5.74, 6) is 1.77. The van der Waals surface area contributed by atoms with Gasteiger partial charge in [-0.15, -0.1) is 0 Å². The molecule has 0 fully saturated rings. The Kier molecular flexibility index (Phi) is 5.93. The predicted octanol–water partition coefficient (Wildman–Crippen LogP) is 1.67. The minimum absolute atomic E-state index is 0.0579. The maximum atomic E-state index is 9.37. The Bertz CT molecular complexity index is 743. The van der Waals surface area contributed by atoms with Crippen molar-refractivity contribution in [3.8, 4) is 17.6 Å². The minimum atomic E-state index is -0.0579. The molecule has 7 heteroatoms. The Balaban J connectivity index is 2.36. The maximum Gasteiger partial charge on any atom is 0.227 e. The first-order chi connectivity index (χ1) is 11.6. The van der Waals surface area contributed by atoms with E-state index >= 15 is 0 Å². The van der Waals surface area contributed by atoms with Crippen molar-refractivity contribution in [1.29, 1.82) is 5.26 Å². The number of hydrogen-bond donors (Lipinski definition) is 1. The molecule has 0 atom stereocenters. The third-order valence-electron chi connectivity index (χ3n) is 3.47. The van der Waals surface area contributed by atoms with Crippen LogP contribution in [0.1, 0.15) is 17.0 Å². The molecule has 1 heterocycles. The van der Waals surface area contributed by atoms with Gasteiger partial charge in [-0.05, 0) is 25.1 Å². The molecule has 0 unspecified atom stereocenters. The van der Waals surface area contributed by atoms with E-state index in [1.165, 1.54) is 0 Å². The molecule has 0 radical (unpaired) electrons. The first kappa shape index (κ1) is 17.5. The van der Waals surface area contributed by atoms with Crippen LogP contribution in [0.2, 0.25) is 0 Å². The maximum absolute atomic E-state index is 9.37. The Labute approximate surface area is 141 Å². The second-order valence-electron chi connectivity index (χ2n) is 5.13. The second-order valence-corrected chi connectivity index (χ2v) is 5.13. The summed E-state index contributed by atoms with van der Waals surface area (Å²) in [7, 11) is 3.18. The number of nitriles is 1. The number of aliphatic hydroxyl groups excluding tert-OH is 1. The minimum Gasteiger partial charge on any atom is -0.497 e. The quantitative estimate of drug-likeness (QED) is 0.826. The molecule has 1 aromatic heterocycles. The third kappa shape index (κ3) is 4.12. The number of nitrogens with zero attached hydrogens (tertiary/aromatic N) is 4. The van der Waals surface area contributed by atoms with Crippen molar-refractivity contribution in [2.45, 2.75) is 13.5 Å². The van der Waals surface area contributed by atoms with Crippen molar-refractivity contribution in [2.24, 2.45) is 0 Å². The Hall–Kier alpha value is -2.85. The number of ether oxygens (including phenoxy) is 2. The summed E-state index contributed by atoms with van der Waals surface area (Å²) in [6.07, 6.45) is 0. The molecule has 24 heavy (non-hydrogen) atoms. The molecule has 0 spiro atoms. The molecule has 2 rings (SSSR count). The van der Waals surface area contributed by atoms with Crippen molar-refractivity contribution in [3.05, 3.63) is 41.2 Å². The van der Waals surface area contributed by atoms with Gasteiger partial charge in [0, 0.05) is 30.4 Å². The van der Waals surface area contributed by atoms with E-state index in [0.29, 0.717) is 41.9 Å². The molecule has 0 aliphatic heterocycles. The average Bonchev–Trinajstić information content (AvgIpc) is 2.60. The summed E-state index contributed by atoms with van der Waals surface area (Å²) in [5, 5.41) is 18.5. The number of aryl methyl sites for hydroxylation is 1. The van der Waals surface area contributed by atoms with Crippen LogP contribution in [0.5, 0.6) is 11.5 Å². The SMILES string of the molecule is COc1ccc(CN(CCO)c2nc(C)cc(C#N)n2)c(OC)c1. The van der Waals surface area contributed by atoms with Crippen LogP contribution in [0.3, 0.4) is 0 Å². The topological polar surface area (TPSA) is 91.5 Å². The smallest absolute Gasteiger partial charge is 0.227 e. The average molecular weight is 328 g/mol. The summed E-state index contributed by atoms with van der Waals surface area (Å²) in [4.78, 5) is 10.4. The highest BCUT2D eigenvalue weighted by Gasteiger charge is 2.15. The van der Waals surface area contributed by atoms with E-state index in [0.717, 1.165) is 5.56 Å². The lowest BCUT2D eigenvalue weighted by Gasteiger charge is -2.23. The Morgan fingerprint density at radius 3 is 2.62 bits per heavy atom. The fraction of sp³-hybridized carbons (Fsp3) is 0.353. The summed E-state index contributed by atoms with van der Waals surface area (Å²) < 4.78 is 10.6. The monoisotopic (exact) mass is 328 g/mol. The van der Waals surface area contributed by atoms with Crippen molar-refractivity contribution < 1.29 is 14.6 Å². The van der Waals surface area contributed by atoms with Gasteiger partial charge < -0.3 is 19.5 Å². The van der Waals surface area contributed by atoms with E-state index in [9.17, 15) is 5.11 Å². The van der Waals surface area contributed by atoms with Gasteiger partial charge in [0.25, 0.3) is 0 Å². The molecule has 1 aromatic carbocycles. The van der Waals surface area contributed by atoms with Gasteiger partial charge in [-0.2, -0.15) is 5.26 Å². The van der Waals surface area contributed by atoms with Gasteiger partial charge in [0.15, 0.2) is 0 Å². The van der Waals surface area contributed by atoms with Crippen LogP contribution in [0.25, 0.3) is 0 Å². The van der Waals surface area contributed by atoms with Gasteiger partial charge in [-0.25, -0.2) is 9.97 Å². The van der Waals surface area contributed by atoms with Gasteiger partial charge in [-0.3, -0.25) is 0 Å². The summed E-state index contributed by atoms with van der Waals surface area (Å²) in [6, 6.07) is 9.17. The predicted molar refractivity (Wildman–Crippen MR) is 89.2 cm³/mol. The molecule has 0 aliphatic carbocycles. The highest BCUT2D eigenvalue weighted by molar-refractivity contribution is 5.44. The molecule has 0 bridgehead atoms. The van der Waals surface area contributed by atoms with Crippen LogP contribution in [-0.2, 0) is 6.54 Å². The summed E-state index contributed by atoms with van der Waals surface area (Å²) in [5.41, 5.74) is 1.89. The zero-order valence-electron chi connectivity index (χ0n) is 14.0. The molecular weight excluding hydrogens is 308 g/mol. The number of benzene rings is 1. The lowest BCUT2D eigenvalue weighted by atomic mass is 10.1. The molecule has 0 aliphatic rings. The highest BCUT2D eigenvalue weighted by Crippen LogP contribution is 2.26. The van der Waals surface area contributed by atoms with E-state index in [2.05, 4.69) is 9.97 Å². The lowest BCUT2D eigenvalue weighted by Crippen LogP contribution is -2.28. The van der Waals surface area contributed by atoms with E-state index in [-0.39, 0.29) is 6.61 Å². The molecule has 2 aromatic rings. The number of aliphatic hydroxyl groups is 1. The molecule has 0 amide bonds. The van der Waals surface area contributed by atoms with Gasteiger partial charge >= 0.3 is 0 Å². The first-order valence-electron chi connectivity index (χ1n) is 7.43. The fourth-order valence-corrected chi connectivity index (χ4v) is 2.31. The van der Waals surface area contributed by atoms with E-state index in [1.807, 2.05) is 18.2 Å². The van der Waals surface area contributed by atoms with Gasteiger partial charge in [0.2, 0.25) is 5.95 Å². The Morgan fingerprint density at radius 2 is 2.00 bits per heavy atom. The zero-order valence-corrected chi connectivity index (χ0v) is 14.0. The van der Waals surface area contributed by atoms with E-state index in [4.69, 9.17) is 14.7 Å². The molecule has 0 saturated carbocycles. The van der Waals surface area contributed by atoms with Crippen molar-refractivity contribution in [1.82, 2.24) is 9.97 Å². The largest absolute Gasteiger partial charge is 0.497 e. The van der Waals surface area contributed by atoms with Crippen molar-refractivity contribution >= 4 is 5.95 Å². The molecular formula is C17H20N4O3. The van der Waals surface area contributed by atoms with Crippen LogP contribution < -0.4 is 14.4 Å². The van der Waals surface area contributed by atoms with Gasteiger partial charge in [0.1, 0.15) is 23.3 Å². The second kappa shape index (κ2) is 8.13. The van der Waals surface area contributed by atoms with Crippen LogP contribution in [0.15, 0.2) is 24.3 Å². The van der Waals surface area contributed by atoms with Crippen molar-refractivity contribution in [3.63, 3.8) is 0 Å². The Morgan fingerprint density at radius 1 is 1.21 bits per heavy atom. The first-order valence-corrected chi connectivity index (χ1v) is 7.43. The summed E-state index contributed by atoms with van der Waals surface area (Å²) in [6.45, 7) is 2.51. The normalized spacial score (nSPS) is 10.1. The summed E-state index contributed by atoms with van der Waals surface area (Å²) >= 11 is 0. The molecule has 7 nitrogen and oxygen atoms in total. The van der Waals surface area contributed by atoms with E-state index < -0.39 is 0 Å². The molecule has 0 saturated heterocycles. The van der Waals surface area contributed by atoms with Crippen LogP contribution in [0, 0.1) is 18.3 Å². The highest BCUT2D eigenvalue weighted by atomic mass is 16.5. The van der Waals surface area contributed by atoms with Gasteiger partial charge in [0.05, 0.1) is 20.8 Å². The fourth-order valence-electron chi connectivity index (χ4n) is 2.31. The lowest BCUT2D eigenvalue weighted by molar-refractivity contribution is 0.300. The van der Waals surface area contributed by atoms with Crippen molar-refractivity contribution in [2.75, 3.05) is 32.3 Å². The van der Waals surface area contributed by atoms with Crippen LogP contribution in [0.4, 0.5) is 5.95 Å². The number of anilines is 1. The number of methoxy groups -OCH3 is 2. The molecule has 1 N–H and O–H groups in total. The van der Waals surface area contributed by atoms with Gasteiger partial charge in [-0.1, -0.05) is 0 Å². The third-order valence-corrected chi connectivity index (χ3v) is 3.47. The number of aromatic nitrogens is 2. The standard InChI is InChI=1S/C17H20N4O3/c1-12-8-14(10-18)20-17(19-12)21(6-7-22)11-13-4-5-15(23-2)9-16(13)24-3/h4-5,8-9,22H,6-7,11H2,1-3H3. The zero-order chi connectivity index (χ0) is 17.5. The molecule has 126 valence electrons. The van der Waals surface area contributed by atoms with Crippen LogP contribution in [-0.4, -0.2) is 42.4 Å².